The minimum absolute atomic E-state index is 0.0487. The van der Waals surface area contributed by atoms with Crippen LogP contribution in [0.1, 0.15) is 25.5 Å². The van der Waals surface area contributed by atoms with Gasteiger partial charge in [0.25, 0.3) is 10.0 Å². The maximum Gasteiger partial charge on any atom is 0.273 e. The van der Waals surface area contributed by atoms with Gasteiger partial charge in [0.2, 0.25) is 5.09 Å². The van der Waals surface area contributed by atoms with Crippen LogP contribution in [-0.4, -0.2) is 33.2 Å². The summed E-state index contributed by atoms with van der Waals surface area (Å²) < 4.78 is 31.1. The quantitative estimate of drug-likeness (QED) is 0.569. The van der Waals surface area contributed by atoms with Crippen molar-refractivity contribution >= 4 is 10.0 Å². The van der Waals surface area contributed by atoms with Gasteiger partial charge < -0.3 is 14.8 Å². The largest absolute Gasteiger partial charge is 0.447 e. The summed E-state index contributed by atoms with van der Waals surface area (Å²) in [6.07, 6.45) is 1.39. The molecule has 104 valence electrons. The Morgan fingerprint density at radius 3 is 2.78 bits per heavy atom. The SMILES string of the molecule is CCCNCc1ccc(S(=O)(=O)NCCCO)o1. The highest BCUT2D eigenvalue weighted by Gasteiger charge is 2.17. The number of furan rings is 1. The third-order valence-corrected chi connectivity index (χ3v) is 3.59. The number of rotatable bonds is 9. The lowest BCUT2D eigenvalue weighted by Gasteiger charge is -2.03. The summed E-state index contributed by atoms with van der Waals surface area (Å²) in [5, 5.41) is 11.6. The molecule has 0 unspecified atom stereocenters. The Labute approximate surface area is 107 Å². The average molecular weight is 276 g/mol. The maximum absolute atomic E-state index is 11.7. The minimum atomic E-state index is -3.60. The van der Waals surface area contributed by atoms with Crippen LogP contribution in [0.25, 0.3) is 0 Å². The Balaban J connectivity index is 2.55. The Morgan fingerprint density at radius 2 is 2.11 bits per heavy atom. The van der Waals surface area contributed by atoms with Crippen LogP contribution < -0.4 is 10.0 Å². The third-order valence-electron chi connectivity index (χ3n) is 2.25. The highest BCUT2D eigenvalue weighted by molar-refractivity contribution is 7.89. The summed E-state index contributed by atoms with van der Waals surface area (Å²) in [4.78, 5) is 0. The van der Waals surface area contributed by atoms with E-state index in [1.54, 1.807) is 6.07 Å². The van der Waals surface area contributed by atoms with Crippen LogP contribution in [0.15, 0.2) is 21.6 Å². The second kappa shape index (κ2) is 7.52. The zero-order valence-corrected chi connectivity index (χ0v) is 11.3. The lowest BCUT2D eigenvalue weighted by atomic mass is 10.4. The second-order valence-electron chi connectivity index (χ2n) is 3.87. The van der Waals surface area contributed by atoms with Gasteiger partial charge in [0.1, 0.15) is 5.76 Å². The summed E-state index contributed by atoms with van der Waals surface area (Å²) in [6, 6.07) is 3.08. The fraction of sp³-hybridized carbons (Fsp3) is 0.636. The van der Waals surface area contributed by atoms with Crippen LogP contribution >= 0.6 is 0 Å². The molecule has 3 N–H and O–H groups in total. The fourth-order valence-electron chi connectivity index (χ4n) is 1.34. The Bertz CT molecular complexity index is 442. The first kappa shape index (κ1) is 15.2. The maximum atomic E-state index is 11.7. The molecule has 6 nitrogen and oxygen atoms in total. The number of hydrogen-bond acceptors (Lipinski definition) is 5. The molecule has 1 heterocycles. The first-order valence-corrected chi connectivity index (χ1v) is 7.48. The monoisotopic (exact) mass is 276 g/mol. The number of aliphatic hydroxyl groups is 1. The molecule has 0 saturated carbocycles. The van der Waals surface area contributed by atoms with Crippen molar-refractivity contribution in [1.82, 2.24) is 10.0 Å². The molecule has 0 amide bonds. The van der Waals surface area contributed by atoms with Crippen molar-refractivity contribution in [3.63, 3.8) is 0 Å². The van der Waals surface area contributed by atoms with Crippen molar-refractivity contribution in [3.8, 4) is 0 Å². The molecule has 0 bridgehead atoms. The van der Waals surface area contributed by atoms with Gasteiger partial charge in [-0.05, 0) is 31.5 Å². The third kappa shape index (κ3) is 4.77. The molecular formula is C11H20N2O4S. The van der Waals surface area contributed by atoms with Crippen LogP contribution in [0.4, 0.5) is 0 Å². The Kier molecular flexibility index (Phi) is 6.34. The summed E-state index contributed by atoms with van der Waals surface area (Å²) in [5.41, 5.74) is 0. The average Bonchev–Trinajstić information content (AvgIpc) is 2.79. The predicted molar refractivity (Wildman–Crippen MR) is 67.6 cm³/mol. The van der Waals surface area contributed by atoms with Gasteiger partial charge in [-0.3, -0.25) is 0 Å². The summed E-state index contributed by atoms with van der Waals surface area (Å²) >= 11 is 0. The predicted octanol–water partition coefficient (Wildman–Crippen LogP) is 0.440. The van der Waals surface area contributed by atoms with E-state index in [0.29, 0.717) is 18.7 Å². The van der Waals surface area contributed by atoms with Crippen LogP contribution in [0, 0.1) is 0 Å². The molecule has 0 spiro atoms. The molecular weight excluding hydrogens is 256 g/mol. The smallest absolute Gasteiger partial charge is 0.273 e. The van der Waals surface area contributed by atoms with E-state index in [-0.39, 0.29) is 18.2 Å². The van der Waals surface area contributed by atoms with E-state index in [1.165, 1.54) is 6.07 Å². The van der Waals surface area contributed by atoms with Crippen LogP contribution in [0.5, 0.6) is 0 Å². The molecule has 0 saturated heterocycles. The molecule has 0 aliphatic carbocycles. The van der Waals surface area contributed by atoms with Gasteiger partial charge in [-0.25, -0.2) is 13.1 Å². The molecule has 1 aromatic heterocycles. The number of sulfonamides is 1. The minimum Gasteiger partial charge on any atom is -0.447 e. The number of nitrogens with one attached hydrogen (secondary N) is 2. The van der Waals surface area contributed by atoms with Gasteiger partial charge in [0.05, 0.1) is 6.54 Å². The van der Waals surface area contributed by atoms with Crippen molar-refractivity contribution in [3.05, 3.63) is 17.9 Å². The number of aliphatic hydroxyl groups excluding tert-OH is 1. The highest BCUT2D eigenvalue weighted by atomic mass is 32.2. The van der Waals surface area contributed by atoms with E-state index >= 15 is 0 Å². The first-order chi connectivity index (χ1) is 8.60. The molecule has 1 rings (SSSR count). The Morgan fingerprint density at radius 1 is 1.33 bits per heavy atom. The van der Waals surface area contributed by atoms with Crippen molar-refractivity contribution in [2.24, 2.45) is 0 Å². The molecule has 0 aliphatic rings. The lowest BCUT2D eigenvalue weighted by molar-refractivity contribution is 0.289. The van der Waals surface area contributed by atoms with E-state index in [2.05, 4.69) is 17.0 Å². The molecule has 18 heavy (non-hydrogen) atoms. The van der Waals surface area contributed by atoms with Crippen LogP contribution in [0.2, 0.25) is 0 Å². The highest BCUT2D eigenvalue weighted by Crippen LogP contribution is 2.13. The second-order valence-corrected chi connectivity index (χ2v) is 5.57. The zero-order chi connectivity index (χ0) is 13.4. The van der Waals surface area contributed by atoms with Crippen molar-refractivity contribution in [2.75, 3.05) is 19.7 Å². The van der Waals surface area contributed by atoms with Gasteiger partial charge in [0, 0.05) is 13.2 Å². The van der Waals surface area contributed by atoms with E-state index in [0.717, 1.165) is 13.0 Å². The molecule has 0 radical (unpaired) electrons. The van der Waals surface area contributed by atoms with Gasteiger partial charge in [-0.1, -0.05) is 6.92 Å². The van der Waals surface area contributed by atoms with Gasteiger partial charge in [-0.2, -0.15) is 0 Å². The normalized spacial score (nSPS) is 11.9. The van der Waals surface area contributed by atoms with E-state index < -0.39 is 10.0 Å². The first-order valence-electron chi connectivity index (χ1n) is 6.00. The van der Waals surface area contributed by atoms with Crippen LogP contribution in [-0.2, 0) is 16.6 Å². The lowest BCUT2D eigenvalue weighted by Crippen LogP contribution is -2.25. The number of hydrogen-bond donors (Lipinski definition) is 3. The van der Waals surface area contributed by atoms with Gasteiger partial charge >= 0.3 is 0 Å². The van der Waals surface area contributed by atoms with E-state index in [9.17, 15) is 8.42 Å². The molecule has 0 atom stereocenters. The zero-order valence-electron chi connectivity index (χ0n) is 10.5. The molecule has 0 aromatic carbocycles. The molecule has 0 fully saturated rings. The fourth-order valence-corrected chi connectivity index (χ4v) is 2.36. The van der Waals surface area contributed by atoms with Crippen molar-refractivity contribution in [2.45, 2.75) is 31.4 Å². The summed E-state index contributed by atoms with van der Waals surface area (Å²) in [5.74, 6) is 0.589. The Hall–Kier alpha value is -0.890. The van der Waals surface area contributed by atoms with Crippen LogP contribution in [0.3, 0.4) is 0 Å². The summed E-state index contributed by atoms with van der Waals surface area (Å²) in [7, 11) is -3.60. The van der Waals surface area contributed by atoms with Crippen molar-refractivity contribution < 1.29 is 17.9 Å². The molecule has 7 heteroatoms. The van der Waals surface area contributed by atoms with E-state index in [4.69, 9.17) is 9.52 Å². The van der Waals surface area contributed by atoms with Crippen molar-refractivity contribution in [1.29, 1.82) is 0 Å². The van der Waals surface area contributed by atoms with Gasteiger partial charge in [-0.15, -0.1) is 0 Å². The topological polar surface area (TPSA) is 91.6 Å². The van der Waals surface area contributed by atoms with E-state index in [1.807, 2.05) is 0 Å². The van der Waals surface area contributed by atoms with Gasteiger partial charge in [0.15, 0.2) is 0 Å². The summed E-state index contributed by atoms with van der Waals surface area (Å²) in [6.45, 7) is 3.57. The molecule has 0 aliphatic heterocycles. The standard InChI is InChI=1S/C11H20N2O4S/c1-2-6-12-9-10-4-5-11(17-10)18(15,16)13-7-3-8-14/h4-5,12-14H,2-3,6-9H2,1H3. The molecule has 1 aromatic rings.